The fourth-order valence-electron chi connectivity index (χ4n) is 6.23. The minimum absolute atomic E-state index is 0.0761. The standard InChI is InChI=1S/C36H48F2O4Si/c1-5-6-17-25-36(37,38)26-24-30-31(22-15-7-8-16-23-34(40)41)33(27-32(30)39)42-43(35(2,3)4,28-18-11-9-12-19-28)29-20-13-10-14-21-29/h7,9-15,18-21,24,26,30-31,33H,5-6,8,16-17,22-23,25,27H2,1-4H3,(H,40,41)/t30-,31-,33+/m1/s1. The van der Waals surface area contributed by atoms with Gasteiger partial charge >= 0.3 is 5.97 Å². The molecule has 43 heavy (non-hydrogen) atoms. The summed E-state index contributed by atoms with van der Waals surface area (Å²) in [6.07, 6.45) is 9.51. The summed E-state index contributed by atoms with van der Waals surface area (Å²) in [5.74, 6) is -4.87. The van der Waals surface area contributed by atoms with E-state index in [0.29, 0.717) is 25.7 Å². The van der Waals surface area contributed by atoms with Gasteiger partial charge < -0.3 is 9.53 Å². The second kappa shape index (κ2) is 15.7. The number of unbranched alkanes of at least 4 members (excludes halogenated alkanes) is 3. The summed E-state index contributed by atoms with van der Waals surface area (Å²) >= 11 is 0. The molecule has 0 heterocycles. The van der Waals surface area contributed by atoms with Gasteiger partial charge in [0.05, 0.1) is 6.10 Å². The van der Waals surface area contributed by atoms with Crippen molar-refractivity contribution in [2.24, 2.45) is 11.8 Å². The normalized spacial score (nSPS) is 20.0. The highest BCUT2D eigenvalue weighted by Crippen LogP contribution is 2.43. The number of allylic oxidation sites excluding steroid dienone is 4. The quantitative estimate of drug-likeness (QED) is 0.118. The van der Waals surface area contributed by atoms with Gasteiger partial charge in [0.2, 0.25) is 0 Å². The summed E-state index contributed by atoms with van der Waals surface area (Å²) in [5.41, 5.74) is 0. The number of carbonyl (C=O) groups is 2. The number of hydrogen-bond acceptors (Lipinski definition) is 3. The smallest absolute Gasteiger partial charge is 0.303 e. The zero-order chi connectivity index (χ0) is 31.5. The predicted octanol–water partition coefficient (Wildman–Crippen LogP) is 8.11. The first-order chi connectivity index (χ1) is 20.4. The molecule has 2 aromatic rings. The van der Waals surface area contributed by atoms with Crippen LogP contribution in [0.3, 0.4) is 0 Å². The highest BCUT2D eigenvalue weighted by Gasteiger charge is 2.54. The average molecular weight is 611 g/mol. The van der Waals surface area contributed by atoms with Crippen LogP contribution in [0.25, 0.3) is 0 Å². The minimum atomic E-state index is -2.98. The Hall–Kier alpha value is -2.90. The lowest BCUT2D eigenvalue weighted by atomic mass is 9.90. The van der Waals surface area contributed by atoms with Gasteiger partial charge in [-0.25, -0.2) is 8.78 Å². The molecule has 0 saturated heterocycles. The number of halogens is 2. The molecule has 1 fully saturated rings. The summed E-state index contributed by atoms with van der Waals surface area (Å²) in [5, 5.41) is 10.9. The third kappa shape index (κ3) is 9.29. The number of carboxylic acid groups (broad SMARTS) is 1. The summed E-state index contributed by atoms with van der Waals surface area (Å²) in [7, 11) is -2.98. The van der Waals surface area contributed by atoms with Crippen molar-refractivity contribution in [3.8, 4) is 0 Å². The van der Waals surface area contributed by atoms with Crippen molar-refractivity contribution >= 4 is 30.4 Å². The molecular weight excluding hydrogens is 562 g/mol. The van der Waals surface area contributed by atoms with Gasteiger partial charge in [-0.1, -0.05) is 119 Å². The fourth-order valence-corrected chi connectivity index (χ4v) is 11.0. The molecule has 0 radical (unpaired) electrons. The summed E-state index contributed by atoms with van der Waals surface area (Å²) in [4.78, 5) is 24.4. The Morgan fingerprint density at radius 3 is 2.12 bits per heavy atom. The van der Waals surface area contributed by atoms with Gasteiger partial charge in [0, 0.05) is 31.1 Å². The zero-order valence-corrected chi connectivity index (χ0v) is 27.1. The SMILES string of the molecule is CCCCCC(F)(F)C=C[C@H]1C(=O)C[C@H](O[Si](c2ccccc2)(c2ccccc2)C(C)(C)C)[C@@H]1CC=CCCCC(=O)O. The van der Waals surface area contributed by atoms with Crippen molar-refractivity contribution in [2.75, 3.05) is 0 Å². The average Bonchev–Trinajstić information content (AvgIpc) is 3.25. The lowest BCUT2D eigenvalue weighted by Crippen LogP contribution is -2.68. The van der Waals surface area contributed by atoms with Crippen LogP contribution in [-0.4, -0.2) is 37.2 Å². The van der Waals surface area contributed by atoms with Gasteiger partial charge in [0.25, 0.3) is 14.2 Å². The molecule has 0 aromatic heterocycles. The lowest BCUT2D eigenvalue weighted by molar-refractivity contribution is -0.137. The molecule has 1 aliphatic rings. The Bertz CT molecular complexity index is 1180. The molecule has 4 nitrogen and oxygen atoms in total. The van der Waals surface area contributed by atoms with E-state index in [0.717, 1.165) is 29.3 Å². The lowest BCUT2D eigenvalue weighted by Gasteiger charge is -2.45. The molecule has 1 N–H and O–H groups in total. The van der Waals surface area contributed by atoms with Gasteiger partial charge in [0.1, 0.15) is 5.78 Å². The molecule has 7 heteroatoms. The monoisotopic (exact) mass is 610 g/mol. The first kappa shape index (κ1) is 34.6. The largest absolute Gasteiger partial charge is 0.481 e. The third-order valence-corrected chi connectivity index (χ3v) is 13.5. The van der Waals surface area contributed by atoms with Gasteiger partial charge in [0.15, 0.2) is 0 Å². The maximum Gasteiger partial charge on any atom is 0.303 e. The molecule has 0 unspecified atom stereocenters. The molecule has 3 rings (SSSR count). The molecular formula is C36H48F2O4Si. The molecule has 1 aliphatic carbocycles. The van der Waals surface area contributed by atoms with E-state index < -0.39 is 32.2 Å². The van der Waals surface area contributed by atoms with Crippen molar-refractivity contribution in [3.05, 3.63) is 85.0 Å². The molecule has 0 bridgehead atoms. The van der Waals surface area contributed by atoms with E-state index >= 15 is 0 Å². The number of aliphatic carboxylic acids is 1. The number of rotatable bonds is 16. The van der Waals surface area contributed by atoms with Gasteiger partial charge in [-0.3, -0.25) is 9.59 Å². The van der Waals surface area contributed by atoms with Gasteiger partial charge in [-0.05, 0) is 47.2 Å². The van der Waals surface area contributed by atoms with Crippen LogP contribution in [0, 0.1) is 11.8 Å². The highest BCUT2D eigenvalue weighted by molar-refractivity contribution is 6.99. The van der Waals surface area contributed by atoms with Crippen LogP contribution in [-0.2, 0) is 14.0 Å². The van der Waals surface area contributed by atoms with Crippen LogP contribution in [0.2, 0.25) is 5.04 Å². The van der Waals surface area contributed by atoms with E-state index in [9.17, 15) is 18.4 Å². The van der Waals surface area contributed by atoms with Crippen LogP contribution in [0.15, 0.2) is 85.0 Å². The number of ketones is 1. The molecule has 1 saturated carbocycles. The Kier molecular flexibility index (Phi) is 12.6. The molecule has 0 spiro atoms. The molecule has 3 atom stereocenters. The molecule has 0 aliphatic heterocycles. The maximum atomic E-state index is 14.8. The van der Waals surface area contributed by atoms with Crippen molar-refractivity contribution < 1.29 is 27.9 Å². The molecule has 2 aromatic carbocycles. The number of carbonyl (C=O) groups excluding carboxylic acids is 1. The van der Waals surface area contributed by atoms with E-state index in [1.807, 2.05) is 55.5 Å². The van der Waals surface area contributed by atoms with Crippen molar-refractivity contribution in [3.63, 3.8) is 0 Å². The van der Waals surface area contributed by atoms with Crippen LogP contribution >= 0.6 is 0 Å². The maximum absolute atomic E-state index is 14.8. The summed E-state index contributed by atoms with van der Waals surface area (Å²) in [6.45, 7) is 8.53. The summed E-state index contributed by atoms with van der Waals surface area (Å²) in [6, 6.07) is 20.4. The zero-order valence-electron chi connectivity index (χ0n) is 26.1. The second-order valence-electron chi connectivity index (χ2n) is 12.7. The number of alkyl halides is 2. The van der Waals surface area contributed by atoms with E-state index in [4.69, 9.17) is 9.53 Å². The van der Waals surface area contributed by atoms with E-state index in [1.165, 1.54) is 6.08 Å². The Morgan fingerprint density at radius 2 is 1.58 bits per heavy atom. The topological polar surface area (TPSA) is 63.6 Å². The predicted molar refractivity (Wildman–Crippen MR) is 173 cm³/mol. The van der Waals surface area contributed by atoms with Crippen LogP contribution in [0.5, 0.6) is 0 Å². The minimum Gasteiger partial charge on any atom is -0.481 e. The second-order valence-corrected chi connectivity index (χ2v) is 17.0. The summed E-state index contributed by atoms with van der Waals surface area (Å²) < 4.78 is 36.9. The van der Waals surface area contributed by atoms with Crippen LogP contribution in [0.4, 0.5) is 8.78 Å². The third-order valence-electron chi connectivity index (χ3n) is 8.46. The Labute approximate surface area is 257 Å². The van der Waals surface area contributed by atoms with E-state index in [1.54, 1.807) is 0 Å². The van der Waals surface area contributed by atoms with Gasteiger partial charge in [-0.2, -0.15) is 0 Å². The Morgan fingerprint density at radius 1 is 0.977 bits per heavy atom. The molecule has 0 amide bonds. The first-order valence-corrected chi connectivity index (χ1v) is 17.6. The van der Waals surface area contributed by atoms with Crippen molar-refractivity contribution in [1.82, 2.24) is 0 Å². The number of Topliss-reactive ketones (excluding diaryl/α,β-unsaturated/α-hetero) is 1. The number of benzene rings is 2. The highest BCUT2D eigenvalue weighted by atomic mass is 28.4. The van der Waals surface area contributed by atoms with E-state index in [2.05, 4.69) is 45.0 Å². The molecule has 234 valence electrons. The van der Waals surface area contributed by atoms with Crippen molar-refractivity contribution in [1.29, 1.82) is 0 Å². The van der Waals surface area contributed by atoms with Crippen LogP contribution < -0.4 is 10.4 Å². The number of carboxylic acids is 1. The van der Waals surface area contributed by atoms with Crippen LogP contribution in [0.1, 0.15) is 85.5 Å². The Balaban J connectivity index is 2.01. The first-order valence-electron chi connectivity index (χ1n) is 15.7. The number of hydrogen-bond donors (Lipinski definition) is 1. The van der Waals surface area contributed by atoms with E-state index in [-0.39, 0.29) is 36.0 Å². The van der Waals surface area contributed by atoms with Crippen molar-refractivity contribution in [2.45, 2.75) is 103 Å². The van der Waals surface area contributed by atoms with Gasteiger partial charge in [-0.15, -0.1) is 0 Å². The fraction of sp³-hybridized carbons (Fsp3) is 0.500.